The van der Waals surface area contributed by atoms with Crippen LogP contribution in [0, 0.1) is 0 Å². The number of para-hydroxylation sites is 2. The van der Waals surface area contributed by atoms with Crippen molar-refractivity contribution < 1.29 is 0 Å². The van der Waals surface area contributed by atoms with E-state index in [-0.39, 0.29) is 10.8 Å². The maximum absolute atomic E-state index is 2.52. The van der Waals surface area contributed by atoms with Gasteiger partial charge in [-0.1, -0.05) is 155 Å². The van der Waals surface area contributed by atoms with Gasteiger partial charge in [-0.15, -0.1) is 0 Å². The van der Waals surface area contributed by atoms with E-state index in [4.69, 9.17) is 0 Å². The summed E-state index contributed by atoms with van der Waals surface area (Å²) in [7, 11) is 0. The first kappa shape index (κ1) is 32.8. The van der Waals surface area contributed by atoms with Crippen LogP contribution in [0.1, 0.15) is 49.9 Å². The average Bonchev–Trinajstić information content (AvgIpc) is 3.79. The fourth-order valence-corrected chi connectivity index (χ4v) is 10.1. The summed E-state index contributed by atoms with van der Waals surface area (Å²) in [6.07, 6.45) is 0. The normalized spacial score (nSPS) is 14.4. The van der Waals surface area contributed by atoms with E-state index in [1.54, 1.807) is 0 Å². The van der Waals surface area contributed by atoms with Gasteiger partial charge in [-0.3, -0.25) is 0 Å². The molecule has 0 amide bonds. The summed E-state index contributed by atoms with van der Waals surface area (Å²) >= 11 is 0. The van der Waals surface area contributed by atoms with Crippen molar-refractivity contribution in [3.8, 4) is 39.1 Å². The van der Waals surface area contributed by atoms with Crippen LogP contribution >= 0.6 is 0 Å². The van der Waals surface area contributed by atoms with Crippen LogP contribution < -0.4 is 4.90 Å². The first-order valence-corrected chi connectivity index (χ1v) is 19.8. The number of fused-ring (bicyclic) bond motifs is 9. The predicted molar refractivity (Wildman–Crippen MR) is 236 cm³/mol. The second-order valence-electron chi connectivity index (χ2n) is 16.5. The van der Waals surface area contributed by atoms with Crippen LogP contribution in [0.2, 0.25) is 0 Å². The van der Waals surface area contributed by atoms with Gasteiger partial charge in [0.1, 0.15) is 0 Å². The third-order valence-corrected chi connectivity index (χ3v) is 12.8. The third-order valence-electron chi connectivity index (χ3n) is 12.8. The first-order chi connectivity index (χ1) is 27.3. The third kappa shape index (κ3) is 4.56. The van der Waals surface area contributed by atoms with Gasteiger partial charge >= 0.3 is 0 Å². The summed E-state index contributed by atoms with van der Waals surface area (Å²) in [6, 6.07) is 67.5. The van der Waals surface area contributed by atoms with Crippen molar-refractivity contribution in [3.05, 3.63) is 204 Å². The highest BCUT2D eigenvalue weighted by molar-refractivity contribution is 6.16. The van der Waals surface area contributed by atoms with Gasteiger partial charge in [-0.25, -0.2) is 0 Å². The predicted octanol–water partition coefficient (Wildman–Crippen LogP) is 14.5. The van der Waals surface area contributed by atoms with Gasteiger partial charge in [0.15, 0.2) is 0 Å². The Balaban J connectivity index is 1.16. The van der Waals surface area contributed by atoms with Gasteiger partial charge in [-0.05, 0) is 105 Å². The van der Waals surface area contributed by atoms with Crippen LogP contribution in [-0.2, 0) is 10.8 Å². The number of benzene rings is 8. The summed E-state index contributed by atoms with van der Waals surface area (Å²) in [5, 5.41) is 2.52. The molecule has 2 nitrogen and oxygen atoms in total. The summed E-state index contributed by atoms with van der Waals surface area (Å²) in [5.74, 6) is 0. The summed E-state index contributed by atoms with van der Waals surface area (Å²) in [5.41, 5.74) is 20.1. The van der Waals surface area contributed by atoms with Gasteiger partial charge in [-0.2, -0.15) is 0 Å². The molecule has 2 aliphatic rings. The maximum atomic E-state index is 2.52. The van der Waals surface area contributed by atoms with E-state index in [0.717, 1.165) is 11.4 Å². The van der Waals surface area contributed by atoms with Gasteiger partial charge in [0, 0.05) is 44.2 Å². The highest BCUT2D eigenvalue weighted by Gasteiger charge is 2.39. The van der Waals surface area contributed by atoms with E-state index in [9.17, 15) is 0 Å². The Hall–Kier alpha value is -6.64. The largest absolute Gasteiger partial charge is 0.310 e. The summed E-state index contributed by atoms with van der Waals surface area (Å²) in [6.45, 7) is 9.48. The molecule has 2 aliphatic carbocycles. The van der Waals surface area contributed by atoms with Crippen molar-refractivity contribution in [1.29, 1.82) is 0 Å². The molecule has 8 aromatic carbocycles. The van der Waals surface area contributed by atoms with Gasteiger partial charge < -0.3 is 9.47 Å². The van der Waals surface area contributed by atoms with Crippen LogP contribution in [0.3, 0.4) is 0 Å². The molecule has 268 valence electrons. The highest BCUT2D eigenvalue weighted by Crippen LogP contribution is 2.56. The van der Waals surface area contributed by atoms with E-state index in [1.807, 2.05) is 0 Å². The molecule has 0 saturated carbocycles. The van der Waals surface area contributed by atoms with Crippen molar-refractivity contribution >= 4 is 38.9 Å². The molecule has 9 aromatic rings. The molecule has 0 spiro atoms. The molecular weight excluding hydrogens is 677 g/mol. The minimum absolute atomic E-state index is 0.111. The van der Waals surface area contributed by atoms with Crippen LogP contribution in [0.25, 0.3) is 60.9 Å². The van der Waals surface area contributed by atoms with E-state index in [0.29, 0.717) is 0 Å². The molecule has 0 unspecified atom stereocenters. The van der Waals surface area contributed by atoms with Crippen LogP contribution in [0.5, 0.6) is 0 Å². The maximum Gasteiger partial charge on any atom is 0.0547 e. The Morgan fingerprint density at radius 1 is 0.411 bits per heavy atom. The fourth-order valence-electron chi connectivity index (χ4n) is 10.1. The fraction of sp³-hybridized carbons (Fsp3) is 0.111. The SMILES string of the molecule is CC1(C)c2ccccc2-c2ccc(N(c3cccc(-c4cccc5c4c4ccccc4n5-c4ccccc4)c3)c3cccc4c3-c3ccccc3C4(C)C)cc21. The molecule has 2 heteroatoms. The molecule has 56 heavy (non-hydrogen) atoms. The van der Waals surface area contributed by atoms with Gasteiger partial charge in [0.2, 0.25) is 0 Å². The van der Waals surface area contributed by atoms with Crippen LogP contribution in [0.4, 0.5) is 17.1 Å². The van der Waals surface area contributed by atoms with Gasteiger partial charge in [0.05, 0.1) is 16.7 Å². The molecule has 0 radical (unpaired) electrons. The van der Waals surface area contributed by atoms with Crippen molar-refractivity contribution in [2.45, 2.75) is 38.5 Å². The molecule has 0 fully saturated rings. The Morgan fingerprint density at radius 3 is 1.84 bits per heavy atom. The topological polar surface area (TPSA) is 8.17 Å². The molecule has 0 atom stereocenters. The number of nitrogens with zero attached hydrogens (tertiary/aromatic N) is 2. The monoisotopic (exact) mass is 718 g/mol. The zero-order valence-electron chi connectivity index (χ0n) is 32.2. The Bertz CT molecular complexity index is 3030. The summed E-state index contributed by atoms with van der Waals surface area (Å²) < 4.78 is 2.40. The van der Waals surface area contributed by atoms with E-state index < -0.39 is 0 Å². The zero-order chi connectivity index (χ0) is 37.8. The smallest absolute Gasteiger partial charge is 0.0547 e. The highest BCUT2D eigenvalue weighted by atomic mass is 15.1. The standard InChI is InChI=1S/C54H42N2/c1-53(2)45-26-12-9-22-42(45)52-46(53)27-16-30-50(52)55(38-31-32-41-40-21-8-11-25-44(40)54(3,4)47(41)34-38)37-20-14-17-35(33-37)39-24-15-29-49-51(39)43-23-10-13-28-48(43)56(49)36-18-6-5-7-19-36/h5-34H,1-4H3. The molecule has 0 saturated heterocycles. The van der Waals surface area contributed by atoms with Crippen molar-refractivity contribution in [3.63, 3.8) is 0 Å². The lowest BCUT2D eigenvalue weighted by molar-refractivity contribution is 0.660. The minimum atomic E-state index is -0.120. The second kappa shape index (κ2) is 11.9. The number of hydrogen-bond donors (Lipinski definition) is 0. The van der Waals surface area contributed by atoms with Crippen molar-refractivity contribution in [2.75, 3.05) is 4.90 Å². The second-order valence-corrected chi connectivity index (χ2v) is 16.5. The Labute approximate surface area is 328 Å². The molecule has 11 rings (SSSR count). The molecule has 0 aliphatic heterocycles. The molecular formula is C54H42N2. The van der Waals surface area contributed by atoms with Gasteiger partial charge in [0.25, 0.3) is 0 Å². The first-order valence-electron chi connectivity index (χ1n) is 19.8. The zero-order valence-corrected chi connectivity index (χ0v) is 32.2. The molecule has 0 N–H and O–H groups in total. The number of aromatic nitrogens is 1. The number of anilines is 3. The lowest BCUT2D eigenvalue weighted by Crippen LogP contribution is -2.17. The summed E-state index contributed by atoms with van der Waals surface area (Å²) in [4.78, 5) is 2.52. The Kier molecular flexibility index (Phi) is 6.98. The van der Waals surface area contributed by atoms with Crippen molar-refractivity contribution in [1.82, 2.24) is 4.57 Å². The number of rotatable bonds is 5. The average molecular weight is 719 g/mol. The lowest BCUT2D eigenvalue weighted by atomic mass is 9.82. The Morgan fingerprint density at radius 2 is 1.00 bits per heavy atom. The van der Waals surface area contributed by atoms with E-state index in [2.05, 4.69) is 219 Å². The molecule has 1 aromatic heterocycles. The minimum Gasteiger partial charge on any atom is -0.310 e. The van der Waals surface area contributed by atoms with E-state index >= 15 is 0 Å². The van der Waals surface area contributed by atoms with Crippen molar-refractivity contribution in [2.24, 2.45) is 0 Å². The van der Waals surface area contributed by atoms with E-state index in [1.165, 1.54) is 88.8 Å². The van der Waals surface area contributed by atoms with Crippen LogP contribution in [0.15, 0.2) is 182 Å². The molecule has 0 bridgehead atoms. The quantitative estimate of drug-likeness (QED) is 0.172. The number of hydrogen-bond acceptors (Lipinski definition) is 1. The lowest BCUT2D eigenvalue weighted by Gasteiger charge is -2.30. The molecule has 1 heterocycles. The van der Waals surface area contributed by atoms with Crippen LogP contribution in [-0.4, -0.2) is 4.57 Å².